The summed E-state index contributed by atoms with van der Waals surface area (Å²) in [6.07, 6.45) is 27.7. The zero-order chi connectivity index (χ0) is 23.3. The van der Waals surface area contributed by atoms with Gasteiger partial charge in [-0.05, 0) is 64.5 Å². The van der Waals surface area contributed by atoms with Crippen LogP contribution < -0.4 is 5.32 Å². The standard InChI is InChI=1S/C24H49NO2.C3H7Br/c1-2-25-23-21-19-17-15-13-11-9-7-5-3-4-6-8-10-12-14-16-18-20-22-24(26)27;1-2-3-4/h6,8,24-27H,2-5,7,9-23H2,1H3;2-3H2,1H3/b8-6-;. The third kappa shape index (κ3) is 37.7. The van der Waals surface area contributed by atoms with Crippen LogP contribution in [0.1, 0.15) is 136 Å². The molecular formula is C27H56BrNO2. The zero-order valence-corrected chi connectivity index (χ0v) is 22.6. The van der Waals surface area contributed by atoms with Crippen molar-refractivity contribution in [3.8, 4) is 0 Å². The number of rotatable bonds is 23. The van der Waals surface area contributed by atoms with E-state index in [-0.39, 0.29) is 0 Å². The molecule has 0 aromatic rings. The zero-order valence-electron chi connectivity index (χ0n) is 21.1. The Kier molecular flexibility index (Phi) is 34.6. The van der Waals surface area contributed by atoms with E-state index >= 15 is 0 Å². The molecule has 0 heterocycles. The van der Waals surface area contributed by atoms with Gasteiger partial charge in [-0.1, -0.05) is 113 Å². The van der Waals surface area contributed by atoms with Crippen molar-refractivity contribution in [3.05, 3.63) is 12.2 Å². The van der Waals surface area contributed by atoms with Gasteiger partial charge in [0.2, 0.25) is 0 Å². The van der Waals surface area contributed by atoms with E-state index in [1.165, 1.54) is 109 Å². The first kappa shape index (κ1) is 33.3. The third-order valence-corrected chi connectivity index (χ3v) is 6.21. The molecular weight excluding hydrogens is 450 g/mol. The van der Waals surface area contributed by atoms with Gasteiger partial charge in [0.1, 0.15) is 0 Å². The topological polar surface area (TPSA) is 52.5 Å². The smallest absolute Gasteiger partial charge is 0.151 e. The molecule has 0 atom stereocenters. The molecule has 0 aliphatic carbocycles. The van der Waals surface area contributed by atoms with Crippen LogP contribution in [0.25, 0.3) is 0 Å². The summed E-state index contributed by atoms with van der Waals surface area (Å²) in [7, 11) is 0. The van der Waals surface area contributed by atoms with Crippen LogP contribution >= 0.6 is 15.9 Å². The van der Waals surface area contributed by atoms with Gasteiger partial charge < -0.3 is 15.5 Å². The van der Waals surface area contributed by atoms with Crippen LogP contribution in [-0.2, 0) is 0 Å². The van der Waals surface area contributed by atoms with Crippen LogP contribution in [0, 0.1) is 0 Å². The van der Waals surface area contributed by atoms with E-state index in [4.69, 9.17) is 10.2 Å². The highest BCUT2D eigenvalue weighted by Crippen LogP contribution is 2.12. The van der Waals surface area contributed by atoms with Gasteiger partial charge in [0.15, 0.2) is 6.29 Å². The Morgan fingerprint density at radius 1 is 0.645 bits per heavy atom. The Morgan fingerprint density at radius 3 is 1.42 bits per heavy atom. The maximum absolute atomic E-state index is 8.76. The van der Waals surface area contributed by atoms with Crippen molar-refractivity contribution in [2.24, 2.45) is 0 Å². The van der Waals surface area contributed by atoms with Gasteiger partial charge in [0, 0.05) is 5.33 Å². The first-order chi connectivity index (χ1) is 15.2. The maximum Gasteiger partial charge on any atom is 0.151 e. The molecule has 0 aromatic carbocycles. The molecule has 4 heteroatoms. The van der Waals surface area contributed by atoms with Gasteiger partial charge in [-0.15, -0.1) is 0 Å². The van der Waals surface area contributed by atoms with E-state index < -0.39 is 6.29 Å². The van der Waals surface area contributed by atoms with Crippen molar-refractivity contribution in [2.75, 3.05) is 18.4 Å². The van der Waals surface area contributed by atoms with Crippen LogP contribution in [0.4, 0.5) is 0 Å². The summed E-state index contributed by atoms with van der Waals surface area (Å²) in [5.41, 5.74) is 0. The molecule has 3 N–H and O–H groups in total. The van der Waals surface area contributed by atoms with Gasteiger partial charge in [0.25, 0.3) is 0 Å². The average Bonchev–Trinajstić information content (AvgIpc) is 2.77. The summed E-state index contributed by atoms with van der Waals surface area (Å²) in [5, 5.41) is 22.0. The van der Waals surface area contributed by atoms with Crippen LogP contribution in [0.2, 0.25) is 0 Å². The number of alkyl halides is 1. The van der Waals surface area contributed by atoms with Gasteiger partial charge >= 0.3 is 0 Å². The molecule has 0 aromatic heterocycles. The lowest BCUT2D eigenvalue weighted by atomic mass is 10.1. The molecule has 0 rings (SSSR count). The fourth-order valence-corrected chi connectivity index (χ4v) is 3.46. The lowest BCUT2D eigenvalue weighted by molar-refractivity contribution is -0.0466. The van der Waals surface area contributed by atoms with E-state index in [2.05, 4.69) is 47.2 Å². The minimum Gasteiger partial charge on any atom is -0.368 e. The molecule has 0 aliphatic rings. The molecule has 0 unspecified atom stereocenters. The summed E-state index contributed by atoms with van der Waals surface area (Å²) in [4.78, 5) is 0. The Hall–Kier alpha value is 0.100. The number of aliphatic hydroxyl groups excluding tert-OH is 1. The molecule has 0 fully saturated rings. The molecule has 3 nitrogen and oxygen atoms in total. The number of nitrogens with one attached hydrogen (secondary N) is 1. The molecule has 188 valence electrons. The fraction of sp³-hybridized carbons (Fsp3) is 0.926. The maximum atomic E-state index is 8.76. The number of hydrogen-bond donors (Lipinski definition) is 3. The van der Waals surface area contributed by atoms with Crippen molar-refractivity contribution < 1.29 is 10.2 Å². The Balaban J connectivity index is 0. The highest BCUT2D eigenvalue weighted by atomic mass is 79.9. The van der Waals surface area contributed by atoms with Crippen LogP contribution in [0.15, 0.2) is 12.2 Å². The number of aliphatic hydroxyl groups is 2. The van der Waals surface area contributed by atoms with E-state index in [0.29, 0.717) is 6.42 Å². The largest absolute Gasteiger partial charge is 0.368 e. The Morgan fingerprint density at radius 2 is 1.03 bits per heavy atom. The monoisotopic (exact) mass is 505 g/mol. The summed E-state index contributed by atoms with van der Waals surface area (Å²) in [6.45, 7) is 6.61. The van der Waals surface area contributed by atoms with Crippen molar-refractivity contribution >= 4 is 15.9 Å². The molecule has 0 saturated heterocycles. The second-order valence-electron chi connectivity index (χ2n) is 8.66. The van der Waals surface area contributed by atoms with E-state index in [1.807, 2.05) is 0 Å². The Labute approximate surface area is 204 Å². The minimum atomic E-state index is -1.11. The molecule has 0 saturated carbocycles. The van der Waals surface area contributed by atoms with Crippen LogP contribution in [-0.4, -0.2) is 34.9 Å². The van der Waals surface area contributed by atoms with Gasteiger partial charge in [-0.2, -0.15) is 0 Å². The molecule has 0 aliphatic heterocycles. The second-order valence-corrected chi connectivity index (χ2v) is 9.46. The predicted molar refractivity (Wildman–Crippen MR) is 143 cm³/mol. The number of unbranched alkanes of at least 4 members (excludes halogenated alkanes) is 15. The summed E-state index contributed by atoms with van der Waals surface area (Å²) in [6, 6.07) is 0. The van der Waals surface area contributed by atoms with Crippen molar-refractivity contribution in [1.82, 2.24) is 5.32 Å². The lowest BCUT2D eigenvalue weighted by Crippen LogP contribution is -2.13. The predicted octanol–water partition coefficient (Wildman–Crippen LogP) is 8.28. The summed E-state index contributed by atoms with van der Waals surface area (Å²) >= 11 is 3.25. The van der Waals surface area contributed by atoms with E-state index in [1.54, 1.807) is 0 Å². The number of allylic oxidation sites excluding steroid dienone is 2. The molecule has 0 amide bonds. The van der Waals surface area contributed by atoms with Crippen molar-refractivity contribution in [2.45, 2.75) is 142 Å². The number of hydrogen-bond acceptors (Lipinski definition) is 3. The molecule has 0 radical (unpaired) electrons. The first-order valence-corrected chi connectivity index (χ1v) is 14.6. The lowest BCUT2D eigenvalue weighted by Gasteiger charge is -2.03. The van der Waals surface area contributed by atoms with E-state index in [9.17, 15) is 0 Å². The summed E-state index contributed by atoms with van der Waals surface area (Å²) < 4.78 is 0. The highest BCUT2D eigenvalue weighted by Gasteiger charge is 1.96. The molecule has 0 spiro atoms. The van der Waals surface area contributed by atoms with E-state index in [0.717, 1.165) is 24.7 Å². The van der Waals surface area contributed by atoms with Gasteiger partial charge in [0.05, 0.1) is 0 Å². The average molecular weight is 507 g/mol. The van der Waals surface area contributed by atoms with Crippen molar-refractivity contribution in [1.29, 1.82) is 0 Å². The second kappa shape index (κ2) is 32.3. The normalized spacial score (nSPS) is 11.3. The number of halogens is 1. The molecule has 31 heavy (non-hydrogen) atoms. The van der Waals surface area contributed by atoms with Crippen LogP contribution in [0.5, 0.6) is 0 Å². The first-order valence-electron chi connectivity index (χ1n) is 13.5. The van der Waals surface area contributed by atoms with Gasteiger partial charge in [-0.3, -0.25) is 0 Å². The highest BCUT2D eigenvalue weighted by molar-refractivity contribution is 9.09. The minimum absolute atomic E-state index is 0.525. The Bertz CT molecular complexity index is 322. The quantitative estimate of drug-likeness (QED) is 0.0566. The van der Waals surface area contributed by atoms with Crippen molar-refractivity contribution in [3.63, 3.8) is 0 Å². The SMILES string of the molecule is CCCBr.CCNCCCCCCCCCCCC/C=C\CCCCCCCC(O)O. The summed E-state index contributed by atoms with van der Waals surface area (Å²) in [5.74, 6) is 0. The third-order valence-electron chi connectivity index (χ3n) is 5.41. The van der Waals surface area contributed by atoms with Gasteiger partial charge in [-0.25, -0.2) is 0 Å². The molecule has 0 bridgehead atoms. The fourth-order valence-electron chi connectivity index (χ4n) is 3.46. The van der Waals surface area contributed by atoms with Crippen LogP contribution in [0.3, 0.4) is 0 Å².